The summed E-state index contributed by atoms with van der Waals surface area (Å²) in [7, 11) is 0. The molecule has 0 bridgehead atoms. The van der Waals surface area contributed by atoms with Crippen molar-refractivity contribution in [2.45, 2.75) is 19.3 Å². The number of rotatable bonds is 4. The molecule has 0 unspecified atom stereocenters. The van der Waals surface area contributed by atoms with Gasteiger partial charge in [0.15, 0.2) is 0 Å². The van der Waals surface area contributed by atoms with Gasteiger partial charge in [-0.15, -0.1) is 0 Å². The third kappa shape index (κ3) is 4.91. The van der Waals surface area contributed by atoms with Crippen LogP contribution in [0.2, 0.25) is 0 Å². The SMILES string of the molecule is CC1(C)c2ccccc2-c2cccc(-c3c4cccc(-c5ccccc5-c5cccc[c]5[Ge])c4cc4c(-c5ccc[c]6c5-c5cccc[c]5[Ge]6)cccc34)c21. The van der Waals surface area contributed by atoms with Gasteiger partial charge in [-0.05, 0) is 0 Å². The van der Waals surface area contributed by atoms with Crippen molar-refractivity contribution < 1.29 is 0 Å². The number of hydrogen-bond donors (Lipinski definition) is 0. The van der Waals surface area contributed by atoms with E-state index in [4.69, 9.17) is 0 Å². The standard InChI is InChI=1S/C53H35Ge2/c1-53(2)46-27-8-5-17-36(46)41-25-13-26-43(52(41)53)50-39-22-11-20-34(32-15-3-4-16-33(32)37-18-6-9-28-47(37)54)44(39)31-45-35(21-12-23-40(45)50)38-24-14-30-49-51(38)42-19-7-10-29-48(42)55-49/h3-31H,1-2H3. The molecular formula is C53H35Ge2. The molecule has 0 saturated carbocycles. The van der Waals surface area contributed by atoms with Crippen molar-refractivity contribution in [3.05, 3.63) is 187 Å². The molecule has 1 heterocycles. The second-order valence-electron chi connectivity index (χ2n) is 15.4. The van der Waals surface area contributed by atoms with E-state index in [9.17, 15) is 0 Å². The van der Waals surface area contributed by atoms with Crippen molar-refractivity contribution in [2.75, 3.05) is 0 Å². The van der Waals surface area contributed by atoms with Gasteiger partial charge in [0, 0.05) is 0 Å². The Morgan fingerprint density at radius 3 is 1.60 bits per heavy atom. The first kappa shape index (κ1) is 33.0. The van der Waals surface area contributed by atoms with E-state index in [2.05, 4.69) is 206 Å². The van der Waals surface area contributed by atoms with Gasteiger partial charge in [-0.3, -0.25) is 0 Å². The Bertz CT molecular complexity index is 3060. The van der Waals surface area contributed by atoms with Crippen LogP contribution < -0.4 is 13.2 Å². The van der Waals surface area contributed by atoms with E-state index in [1.807, 2.05) is 0 Å². The van der Waals surface area contributed by atoms with Gasteiger partial charge in [-0.1, -0.05) is 12.1 Å². The predicted molar refractivity (Wildman–Crippen MR) is 237 cm³/mol. The zero-order chi connectivity index (χ0) is 36.8. The Morgan fingerprint density at radius 1 is 0.364 bits per heavy atom. The molecule has 11 rings (SSSR count). The van der Waals surface area contributed by atoms with Crippen LogP contribution >= 0.6 is 0 Å². The van der Waals surface area contributed by atoms with Crippen molar-refractivity contribution in [3.63, 3.8) is 0 Å². The van der Waals surface area contributed by atoms with E-state index in [0.29, 0.717) is 0 Å². The number of fused-ring (bicyclic) bond motifs is 8. The molecule has 2 heteroatoms. The molecule has 0 nitrogen and oxygen atoms in total. The summed E-state index contributed by atoms with van der Waals surface area (Å²) in [6, 6.07) is 66.5. The summed E-state index contributed by atoms with van der Waals surface area (Å²) < 4.78 is 4.35. The molecule has 2 aliphatic rings. The molecule has 9 aromatic carbocycles. The Hall–Kier alpha value is -5.41. The minimum atomic E-state index is -0.389. The van der Waals surface area contributed by atoms with Crippen LogP contribution in [0.25, 0.3) is 88.3 Å². The summed E-state index contributed by atoms with van der Waals surface area (Å²) in [5.74, 6) is 0. The number of hydrogen-bond acceptors (Lipinski definition) is 0. The van der Waals surface area contributed by atoms with Crippen LogP contribution in [0.3, 0.4) is 0 Å². The quantitative estimate of drug-likeness (QED) is 0.123. The summed E-state index contributed by atoms with van der Waals surface area (Å²) in [4.78, 5) is 0. The molecule has 0 aromatic heterocycles. The van der Waals surface area contributed by atoms with Crippen molar-refractivity contribution in [3.8, 4) is 66.8 Å². The van der Waals surface area contributed by atoms with Crippen LogP contribution in [-0.4, -0.2) is 31.9 Å². The van der Waals surface area contributed by atoms with E-state index in [-0.39, 0.29) is 20.8 Å². The molecule has 0 atom stereocenters. The average Bonchev–Trinajstić information content (AvgIpc) is 3.72. The van der Waals surface area contributed by atoms with Crippen molar-refractivity contribution in [1.29, 1.82) is 0 Å². The Morgan fingerprint density at radius 2 is 0.855 bits per heavy atom. The van der Waals surface area contributed by atoms with Crippen molar-refractivity contribution >= 4 is 66.7 Å². The fourth-order valence-electron chi connectivity index (χ4n) is 9.78. The van der Waals surface area contributed by atoms with Crippen LogP contribution in [0.15, 0.2) is 176 Å². The molecule has 0 amide bonds. The molecule has 0 spiro atoms. The Labute approximate surface area is 337 Å². The molecular weight excluding hydrogens is 782 g/mol. The molecule has 255 valence electrons. The Kier molecular flexibility index (Phi) is 7.53. The molecule has 9 aromatic rings. The molecule has 55 heavy (non-hydrogen) atoms. The summed E-state index contributed by atoms with van der Waals surface area (Å²) in [5.41, 5.74) is 18.6. The van der Waals surface area contributed by atoms with Crippen LogP contribution in [-0.2, 0) is 5.41 Å². The fraction of sp³-hybridized carbons (Fsp3) is 0.0566. The van der Waals surface area contributed by atoms with Gasteiger partial charge in [0.25, 0.3) is 0 Å². The first-order valence-corrected chi connectivity index (χ1v) is 22.3. The summed E-state index contributed by atoms with van der Waals surface area (Å²) >= 11 is 1.84. The molecule has 1 aliphatic carbocycles. The second-order valence-corrected chi connectivity index (χ2v) is 19.4. The zero-order valence-electron chi connectivity index (χ0n) is 30.7. The Balaban J connectivity index is 1.28. The van der Waals surface area contributed by atoms with E-state index in [0.717, 1.165) is 0 Å². The predicted octanol–water partition coefficient (Wildman–Crippen LogP) is 11.4. The van der Waals surface area contributed by atoms with Crippen LogP contribution in [0.5, 0.6) is 0 Å². The molecule has 0 saturated heterocycles. The first-order chi connectivity index (χ1) is 27.0. The second kappa shape index (κ2) is 12.6. The molecule has 1 aliphatic heterocycles. The molecule has 0 N–H and O–H groups in total. The van der Waals surface area contributed by atoms with Crippen LogP contribution in [0, 0.1) is 0 Å². The van der Waals surface area contributed by atoms with Gasteiger partial charge in [0.05, 0.1) is 0 Å². The third-order valence-electron chi connectivity index (χ3n) is 12.1. The number of benzene rings is 9. The van der Waals surface area contributed by atoms with Gasteiger partial charge >= 0.3 is 328 Å². The monoisotopic (exact) mass is 819 g/mol. The summed E-state index contributed by atoms with van der Waals surface area (Å²) in [6.45, 7) is 4.83. The molecule has 0 fully saturated rings. The van der Waals surface area contributed by atoms with E-state index < -0.39 is 0 Å². The maximum atomic E-state index is 2.52. The van der Waals surface area contributed by atoms with Gasteiger partial charge < -0.3 is 0 Å². The van der Waals surface area contributed by atoms with E-state index >= 15 is 0 Å². The molecule has 5 radical (unpaired) electrons. The van der Waals surface area contributed by atoms with E-state index in [1.54, 1.807) is 0 Å². The topological polar surface area (TPSA) is 0 Å². The summed E-state index contributed by atoms with van der Waals surface area (Å²) in [6.07, 6.45) is 0. The fourth-order valence-corrected chi connectivity index (χ4v) is 13.3. The van der Waals surface area contributed by atoms with Crippen LogP contribution in [0.4, 0.5) is 0 Å². The first-order valence-electron chi connectivity index (χ1n) is 19.1. The van der Waals surface area contributed by atoms with Crippen molar-refractivity contribution in [2.24, 2.45) is 0 Å². The minimum absolute atomic E-state index is 0.155. The van der Waals surface area contributed by atoms with Gasteiger partial charge in [0.2, 0.25) is 0 Å². The van der Waals surface area contributed by atoms with Crippen LogP contribution in [0.1, 0.15) is 25.0 Å². The maximum absolute atomic E-state index is 2.52. The van der Waals surface area contributed by atoms with E-state index in [1.165, 1.54) is 113 Å². The van der Waals surface area contributed by atoms with Gasteiger partial charge in [-0.2, -0.15) is 0 Å². The van der Waals surface area contributed by atoms with Gasteiger partial charge in [-0.25, -0.2) is 0 Å². The average molecular weight is 817 g/mol. The summed E-state index contributed by atoms with van der Waals surface area (Å²) in [5, 5.41) is 5.17. The zero-order valence-corrected chi connectivity index (χ0v) is 34.9. The third-order valence-corrected chi connectivity index (χ3v) is 16.0. The van der Waals surface area contributed by atoms with Crippen molar-refractivity contribution in [1.82, 2.24) is 0 Å². The van der Waals surface area contributed by atoms with Gasteiger partial charge in [0.1, 0.15) is 0 Å². The normalized spacial score (nSPS) is 13.4.